The van der Waals surface area contributed by atoms with Crippen molar-refractivity contribution in [3.8, 4) is 10.7 Å². The number of hydrogen-bond acceptors (Lipinski definition) is 3. The standard InChI is InChI=1S/C15H12Cl2N2S/c1-3-9-6-7-20-13(9)15-18-12-8(2)4-5-10(16)11(12)14(17)19-15/h4-7H,3H2,1-2H3. The molecular formula is C15H12Cl2N2S. The van der Waals surface area contributed by atoms with E-state index in [2.05, 4.69) is 28.3 Å². The average Bonchev–Trinajstić information content (AvgIpc) is 2.91. The topological polar surface area (TPSA) is 25.8 Å². The fourth-order valence-electron chi connectivity index (χ4n) is 2.20. The van der Waals surface area contributed by atoms with Gasteiger partial charge >= 0.3 is 0 Å². The maximum Gasteiger partial charge on any atom is 0.171 e. The largest absolute Gasteiger partial charge is 0.227 e. The molecule has 0 unspecified atom stereocenters. The lowest BCUT2D eigenvalue weighted by molar-refractivity contribution is 1.14. The zero-order valence-corrected chi connectivity index (χ0v) is 13.4. The molecule has 102 valence electrons. The monoisotopic (exact) mass is 322 g/mol. The minimum Gasteiger partial charge on any atom is -0.227 e. The van der Waals surface area contributed by atoms with E-state index in [-0.39, 0.29) is 0 Å². The van der Waals surface area contributed by atoms with Gasteiger partial charge in [0.05, 0.1) is 20.8 Å². The van der Waals surface area contributed by atoms with E-state index in [0.29, 0.717) is 16.0 Å². The van der Waals surface area contributed by atoms with Crippen molar-refractivity contribution in [1.29, 1.82) is 0 Å². The van der Waals surface area contributed by atoms with E-state index in [1.54, 1.807) is 11.3 Å². The molecule has 0 aliphatic heterocycles. The number of halogens is 2. The van der Waals surface area contributed by atoms with Gasteiger partial charge < -0.3 is 0 Å². The van der Waals surface area contributed by atoms with Crippen LogP contribution >= 0.6 is 34.5 Å². The fraction of sp³-hybridized carbons (Fsp3) is 0.200. The first-order chi connectivity index (χ1) is 9.61. The summed E-state index contributed by atoms with van der Waals surface area (Å²) in [7, 11) is 0. The van der Waals surface area contributed by atoms with Crippen LogP contribution in [-0.4, -0.2) is 9.97 Å². The molecule has 3 aromatic rings. The lowest BCUT2D eigenvalue weighted by Crippen LogP contribution is -1.94. The number of thiophene rings is 1. The van der Waals surface area contributed by atoms with E-state index in [0.717, 1.165) is 27.8 Å². The van der Waals surface area contributed by atoms with E-state index in [4.69, 9.17) is 23.2 Å². The SMILES string of the molecule is CCc1ccsc1-c1nc(Cl)c2c(Cl)ccc(C)c2n1. The van der Waals surface area contributed by atoms with Crippen molar-refractivity contribution >= 4 is 45.4 Å². The summed E-state index contributed by atoms with van der Waals surface area (Å²) >= 11 is 14.2. The highest BCUT2D eigenvalue weighted by Crippen LogP contribution is 2.34. The number of benzene rings is 1. The predicted molar refractivity (Wildman–Crippen MR) is 87.0 cm³/mol. The van der Waals surface area contributed by atoms with Crippen LogP contribution in [0.15, 0.2) is 23.6 Å². The molecule has 2 aromatic heterocycles. The Morgan fingerprint density at radius 3 is 2.70 bits per heavy atom. The highest BCUT2D eigenvalue weighted by atomic mass is 35.5. The van der Waals surface area contributed by atoms with Gasteiger partial charge in [0.15, 0.2) is 5.82 Å². The van der Waals surface area contributed by atoms with Gasteiger partial charge in [-0.2, -0.15) is 0 Å². The highest BCUT2D eigenvalue weighted by molar-refractivity contribution is 7.13. The molecule has 2 nitrogen and oxygen atoms in total. The van der Waals surface area contributed by atoms with Crippen molar-refractivity contribution in [2.24, 2.45) is 0 Å². The molecule has 0 fully saturated rings. The molecule has 0 radical (unpaired) electrons. The second-order valence-electron chi connectivity index (χ2n) is 4.55. The highest BCUT2D eigenvalue weighted by Gasteiger charge is 2.15. The molecule has 3 rings (SSSR count). The molecule has 0 N–H and O–H groups in total. The van der Waals surface area contributed by atoms with Crippen LogP contribution in [0.25, 0.3) is 21.6 Å². The van der Waals surface area contributed by atoms with Crippen molar-refractivity contribution < 1.29 is 0 Å². The van der Waals surface area contributed by atoms with Crippen LogP contribution in [0.3, 0.4) is 0 Å². The van der Waals surface area contributed by atoms with Crippen LogP contribution in [0.2, 0.25) is 10.2 Å². The van der Waals surface area contributed by atoms with Crippen LogP contribution in [-0.2, 0) is 6.42 Å². The third kappa shape index (κ3) is 2.20. The van der Waals surface area contributed by atoms with Crippen molar-refractivity contribution in [2.75, 3.05) is 0 Å². The molecule has 0 amide bonds. The number of nitrogens with zero attached hydrogens (tertiary/aromatic N) is 2. The summed E-state index contributed by atoms with van der Waals surface area (Å²) in [5.41, 5.74) is 3.11. The average molecular weight is 323 g/mol. The van der Waals surface area contributed by atoms with Gasteiger partial charge in [0.25, 0.3) is 0 Å². The van der Waals surface area contributed by atoms with Gasteiger partial charge in [0.2, 0.25) is 0 Å². The molecule has 0 atom stereocenters. The van der Waals surface area contributed by atoms with Gasteiger partial charge in [-0.1, -0.05) is 36.2 Å². The van der Waals surface area contributed by atoms with Gasteiger partial charge in [0, 0.05) is 0 Å². The van der Waals surface area contributed by atoms with Crippen LogP contribution in [0.1, 0.15) is 18.1 Å². The quantitative estimate of drug-likeness (QED) is 0.579. The lowest BCUT2D eigenvalue weighted by atomic mass is 10.1. The number of rotatable bonds is 2. The minimum absolute atomic E-state index is 0.411. The molecule has 1 aromatic carbocycles. The van der Waals surface area contributed by atoms with Gasteiger partial charge in [-0.3, -0.25) is 0 Å². The number of aromatic nitrogens is 2. The number of fused-ring (bicyclic) bond motifs is 1. The molecule has 0 saturated carbocycles. The normalized spacial score (nSPS) is 11.2. The predicted octanol–water partition coefficient (Wildman–Crippen LogP) is 5.54. The second kappa shape index (κ2) is 5.32. The summed E-state index contributed by atoms with van der Waals surface area (Å²) in [5.74, 6) is 0.680. The molecule has 0 saturated heterocycles. The van der Waals surface area contributed by atoms with Crippen LogP contribution in [0.4, 0.5) is 0 Å². The minimum atomic E-state index is 0.411. The first kappa shape index (κ1) is 13.8. The van der Waals surface area contributed by atoms with Crippen molar-refractivity contribution in [3.05, 3.63) is 44.9 Å². The Labute approximate surface area is 131 Å². The van der Waals surface area contributed by atoms with Gasteiger partial charge in [-0.25, -0.2) is 9.97 Å². The van der Waals surface area contributed by atoms with Crippen LogP contribution in [0, 0.1) is 6.92 Å². The van der Waals surface area contributed by atoms with E-state index < -0.39 is 0 Å². The molecule has 2 heterocycles. The Kier molecular flexibility index (Phi) is 3.67. The third-order valence-corrected chi connectivity index (χ3v) is 4.83. The molecule has 0 aliphatic carbocycles. The summed E-state index contributed by atoms with van der Waals surface area (Å²) in [4.78, 5) is 10.2. The molecule has 20 heavy (non-hydrogen) atoms. The number of hydrogen-bond donors (Lipinski definition) is 0. The Bertz CT molecular complexity index is 796. The van der Waals surface area contributed by atoms with Crippen molar-refractivity contribution in [2.45, 2.75) is 20.3 Å². The first-order valence-corrected chi connectivity index (χ1v) is 7.94. The Morgan fingerprint density at radius 1 is 1.15 bits per heavy atom. The molecular weight excluding hydrogens is 311 g/mol. The fourth-order valence-corrected chi connectivity index (χ4v) is 3.69. The summed E-state index contributed by atoms with van der Waals surface area (Å²) < 4.78 is 0. The van der Waals surface area contributed by atoms with Crippen LogP contribution < -0.4 is 0 Å². The van der Waals surface area contributed by atoms with E-state index >= 15 is 0 Å². The third-order valence-electron chi connectivity index (χ3n) is 3.29. The van der Waals surface area contributed by atoms with Crippen LogP contribution in [0.5, 0.6) is 0 Å². The maximum atomic E-state index is 6.32. The second-order valence-corrected chi connectivity index (χ2v) is 6.24. The molecule has 0 spiro atoms. The number of aryl methyl sites for hydroxylation is 2. The van der Waals surface area contributed by atoms with Gasteiger partial charge in [-0.05, 0) is 42.0 Å². The zero-order chi connectivity index (χ0) is 14.3. The summed E-state index contributed by atoms with van der Waals surface area (Å²) in [6.07, 6.45) is 0.951. The Hall–Kier alpha value is -1.16. The molecule has 0 bridgehead atoms. The molecule has 5 heteroatoms. The van der Waals surface area contributed by atoms with Crippen molar-refractivity contribution in [3.63, 3.8) is 0 Å². The molecule has 0 aliphatic rings. The summed E-state index contributed by atoms with van der Waals surface area (Å²) in [5, 5.41) is 3.78. The van der Waals surface area contributed by atoms with Gasteiger partial charge in [0.1, 0.15) is 5.15 Å². The first-order valence-electron chi connectivity index (χ1n) is 6.31. The maximum absolute atomic E-state index is 6.32. The van der Waals surface area contributed by atoms with E-state index in [1.165, 1.54) is 5.56 Å². The Morgan fingerprint density at radius 2 is 1.95 bits per heavy atom. The van der Waals surface area contributed by atoms with E-state index in [1.807, 2.05) is 19.1 Å². The Balaban J connectivity index is 2.32. The van der Waals surface area contributed by atoms with E-state index in [9.17, 15) is 0 Å². The summed E-state index contributed by atoms with van der Waals surface area (Å²) in [6.45, 7) is 4.12. The summed E-state index contributed by atoms with van der Waals surface area (Å²) in [6, 6.07) is 5.88. The lowest BCUT2D eigenvalue weighted by Gasteiger charge is -2.08. The van der Waals surface area contributed by atoms with Gasteiger partial charge in [-0.15, -0.1) is 11.3 Å². The zero-order valence-electron chi connectivity index (χ0n) is 11.1. The van der Waals surface area contributed by atoms with Crippen molar-refractivity contribution in [1.82, 2.24) is 9.97 Å². The smallest absolute Gasteiger partial charge is 0.171 e.